The van der Waals surface area contributed by atoms with Crippen molar-refractivity contribution in [1.29, 1.82) is 0 Å². The first-order valence-corrected chi connectivity index (χ1v) is 7.23. The van der Waals surface area contributed by atoms with E-state index in [4.69, 9.17) is 28.3 Å². The number of aliphatic hydroxyl groups excluding tert-OH is 1. The first kappa shape index (κ1) is 14.1. The average Bonchev–Trinajstić information content (AvgIpc) is 2.38. The lowest BCUT2D eigenvalue weighted by Gasteiger charge is -2.28. The maximum absolute atomic E-state index is 9.10. The molecule has 1 aliphatic carbocycles. The molecule has 1 saturated carbocycles. The van der Waals surface area contributed by atoms with E-state index in [0.29, 0.717) is 23.6 Å². The van der Waals surface area contributed by atoms with Crippen LogP contribution in [0, 0.1) is 5.92 Å². The Balaban J connectivity index is 1.81. The van der Waals surface area contributed by atoms with Crippen LogP contribution in [0.4, 0.5) is 0 Å². The van der Waals surface area contributed by atoms with Gasteiger partial charge in [0.15, 0.2) is 0 Å². The summed E-state index contributed by atoms with van der Waals surface area (Å²) in [7, 11) is 0. The van der Waals surface area contributed by atoms with Crippen LogP contribution in [-0.2, 0) is 6.54 Å². The van der Waals surface area contributed by atoms with Crippen molar-refractivity contribution in [2.24, 2.45) is 5.92 Å². The SMILES string of the molecule is OCC1CCC(NCc2ccc(Cl)cc2Cl)CC1. The highest BCUT2D eigenvalue weighted by molar-refractivity contribution is 6.35. The van der Waals surface area contributed by atoms with Gasteiger partial charge in [0.25, 0.3) is 0 Å². The topological polar surface area (TPSA) is 32.3 Å². The number of benzene rings is 1. The number of rotatable bonds is 4. The van der Waals surface area contributed by atoms with Crippen molar-refractivity contribution in [3.8, 4) is 0 Å². The van der Waals surface area contributed by atoms with Crippen LogP contribution < -0.4 is 5.32 Å². The second-order valence-corrected chi connectivity index (χ2v) is 5.86. The van der Waals surface area contributed by atoms with Crippen molar-refractivity contribution in [2.75, 3.05) is 6.61 Å². The molecule has 2 nitrogen and oxygen atoms in total. The number of hydrogen-bond donors (Lipinski definition) is 2. The Morgan fingerprint density at radius 1 is 1.17 bits per heavy atom. The van der Waals surface area contributed by atoms with Crippen LogP contribution in [0.3, 0.4) is 0 Å². The minimum Gasteiger partial charge on any atom is -0.396 e. The van der Waals surface area contributed by atoms with Crippen LogP contribution in [0.2, 0.25) is 10.0 Å². The van der Waals surface area contributed by atoms with E-state index in [1.807, 2.05) is 12.1 Å². The molecule has 18 heavy (non-hydrogen) atoms. The fourth-order valence-electron chi connectivity index (χ4n) is 2.47. The van der Waals surface area contributed by atoms with Gasteiger partial charge in [0, 0.05) is 29.2 Å². The Kier molecular flexibility index (Phi) is 5.31. The fraction of sp³-hybridized carbons (Fsp3) is 0.571. The summed E-state index contributed by atoms with van der Waals surface area (Å²) in [5.41, 5.74) is 1.09. The molecule has 1 aliphatic rings. The molecule has 2 N–H and O–H groups in total. The van der Waals surface area contributed by atoms with E-state index in [0.717, 1.165) is 42.8 Å². The van der Waals surface area contributed by atoms with E-state index in [1.54, 1.807) is 6.07 Å². The van der Waals surface area contributed by atoms with Gasteiger partial charge >= 0.3 is 0 Å². The van der Waals surface area contributed by atoms with Crippen molar-refractivity contribution in [3.63, 3.8) is 0 Å². The molecule has 0 heterocycles. The molecule has 1 fully saturated rings. The zero-order valence-electron chi connectivity index (χ0n) is 10.3. The monoisotopic (exact) mass is 287 g/mol. The summed E-state index contributed by atoms with van der Waals surface area (Å²) in [5, 5.41) is 14.0. The van der Waals surface area contributed by atoms with E-state index in [2.05, 4.69) is 5.32 Å². The molecule has 0 spiro atoms. The first-order valence-electron chi connectivity index (χ1n) is 6.47. The van der Waals surface area contributed by atoms with Crippen LogP contribution in [-0.4, -0.2) is 17.8 Å². The van der Waals surface area contributed by atoms with Gasteiger partial charge in [-0.3, -0.25) is 0 Å². The predicted octanol–water partition coefficient (Wildman–Crippen LogP) is 3.63. The van der Waals surface area contributed by atoms with Crippen LogP contribution in [0.15, 0.2) is 18.2 Å². The minimum atomic E-state index is 0.329. The highest BCUT2D eigenvalue weighted by atomic mass is 35.5. The lowest BCUT2D eigenvalue weighted by atomic mass is 9.86. The van der Waals surface area contributed by atoms with E-state index >= 15 is 0 Å². The Bertz CT molecular complexity index is 389. The number of halogens is 2. The second-order valence-electron chi connectivity index (χ2n) is 5.02. The largest absolute Gasteiger partial charge is 0.396 e. The predicted molar refractivity (Wildman–Crippen MR) is 76.1 cm³/mol. The molecule has 2 rings (SSSR count). The van der Waals surface area contributed by atoms with E-state index < -0.39 is 0 Å². The van der Waals surface area contributed by atoms with Gasteiger partial charge in [-0.15, -0.1) is 0 Å². The van der Waals surface area contributed by atoms with Crippen molar-refractivity contribution in [1.82, 2.24) is 5.32 Å². The van der Waals surface area contributed by atoms with Crippen molar-refractivity contribution < 1.29 is 5.11 Å². The molecule has 0 amide bonds. The summed E-state index contributed by atoms with van der Waals surface area (Å²) >= 11 is 12.0. The molecule has 4 heteroatoms. The highest BCUT2D eigenvalue weighted by Gasteiger charge is 2.20. The summed E-state index contributed by atoms with van der Waals surface area (Å²) in [5.74, 6) is 0.502. The van der Waals surface area contributed by atoms with Crippen LogP contribution in [0.1, 0.15) is 31.2 Å². The van der Waals surface area contributed by atoms with Crippen LogP contribution >= 0.6 is 23.2 Å². The molecular weight excluding hydrogens is 269 g/mol. The molecule has 0 unspecified atom stereocenters. The lowest BCUT2D eigenvalue weighted by molar-refractivity contribution is 0.175. The van der Waals surface area contributed by atoms with Gasteiger partial charge in [0.1, 0.15) is 0 Å². The highest BCUT2D eigenvalue weighted by Crippen LogP contribution is 2.25. The van der Waals surface area contributed by atoms with Gasteiger partial charge in [-0.25, -0.2) is 0 Å². The van der Waals surface area contributed by atoms with Gasteiger partial charge in [-0.2, -0.15) is 0 Å². The molecule has 0 radical (unpaired) electrons. The number of hydrogen-bond acceptors (Lipinski definition) is 2. The van der Waals surface area contributed by atoms with Crippen molar-refractivity contribution in [3.05, 3.63) is 33.8 Å². The fourth-order valence-corrected chi connectivity index (χ4v) is 2.94. The van der Waals surface area contributed by atoms with E-state index in [1.165, 1.54) is 0 Å². The average molecular weight is 288 g/mol. The zero-order valence-corrected chi connectivity index (χ0v) is 11.8. The normalized spacial score (nSPS) is 24.2. The molecule has 100 valence electrons. The number of nitrogens with one attached hydrogen (secondary N) is 1. The third-order valence-electron chi connectivity index (χ3n) is 3.70. The Morgan fingerprint density at radius 3 is 2.50 bits per heavy atom. The summed E-state index contributed by atoms with van der Waals surface area (Å²) in [6.07, 6.45) is 4.50. The Hall–Kier alpha value is -0.280. The Labute approximate surface area is 118 Å². The van der Waals surface area contributed by atoms with E-state index in [9.17, 15) is 0 Å². The smallest absolute Gasteiger partial charge is 0.0465 e. The molecule has 0 saturated heterocycles. The van der Waals surface area contributed by atoms with Crippen molar-refractivity contribution in [2.45, 2.75) is 38.3 Å². The molecule has 1 aromatic carbocycles. The van der Waals surface area contributed by atoms with Gasteiger partial charge < -0.3 is 10.4 Å². The van der Waals surface area contributed by atoms with Gasteiger partial charge in [-0.05, 0) is 49.3 Å². The zero-order chi connectivity index (χ0) is 13.0. The van der Waals surface area contributed by atoms with Crippen LogP contribution in [0.25, 0.3) is 0 Å². The lowest BCUT2D eigenvalue weighted by Crippen LogP contribution is -2.33. The minimum absolute atomic E-state index is 0.329. The molecule has 0 bridgehead atoms. The Morgan fingerprint density at radius 2 is 1.89 bits per heavy atom. The van der Waals surface area contributed by atoms with Crippen LogP contribution in [0.5, 0.6) is 0 Å². The third-order valence-corrected chi connectivity index (χ3v) is 4.29. The molecule has 0 aromatic heterocycles. The molecule has 1 aromatic rings. The third kappa shape index (κ3) is 3.86. The molecular formula is C14H19Cl2NO. The number of aliphatic hydroxyl groups is 1. The second kappa shape index (κ2) is 6.76. The maximum atomic E-state index is 9.10. The summed E-state index contributed by atoms with van der Waals surface area (Å²) < 4.78 is 0. The van der Waals surface area contributed by atoms with Gasteiger partial charge in [-0.1, -0.05) is 29.3 Å². The maximum Gasteiger partial charge on any atom is 0.0465 e. The quantitative estimate of drug-likeness (QED) is 0.886. The summed E-state index contributed by atoms with van der Waals surface area (Å²) in [6.45, 7) is 1.11. The van der Waals surface area contributed by atoms with Gasteiger partial charge in [0.05, 0.1) is 0 Å². The first-order chi connectivity index (χ1) is 8.69. The molecule has 0 atom stereocenters. The van der Waals surface area contributed by atoms with E-state index in [-0.39, 0.29) is 0 Å². The van der Waals surface area contributed by atoms with Crippen molar-refractivity contribution >= 4 is 23.2 Å². The summed E-state index contributed by atoms with van der Waals surface area (Å²) in [6, 6.07) is 6.16. The van der Waals surface area contributed by atoms with Gasteiger partial charge in [0.2, 0.25) is 0 Å². The standard InChI is InChI=1S/C14H19Cl2NO/c15-12-4-3-11(14(16)7-12)8-17-13-5-1-10(9-18)2-6-13/h3-4,7,10,13,17-18H,1-2,5-6,8-9H2. The summed E-state index contributed by atoms with van der Waals surface area (Å²) in [4.78, 5) is 0. The molecule has 0 aliphatic heterocycles.